The lowest BCUT2D eigenvalue weighted by Crippen LogP contribution is -2.19. The number of benzene rings is 1. The minimum absolute atomic E-state index is 0.202. The first-order chi connectivity index (χ1) is 8.72. The van der Waals surface area contributed by atoms with Crippen molar-refractivity contribution in [1.29, 1.82) is 0 Å². The fourth-order valence-corrected chi connectivity index (χ4v) is 1.80. The molecule has 0 fully saturated rings. The molecule has 2 N–H and O–H groups in total. The lowest BCUT2D eigenvalue weighted by molar-refractivity contribution is 0.208. The molecular weight excluding hydrogens is 224 g/mol. The van der Waals surface area contributed by atoms with Crippen molar-refractivity contribution in [1.82, 2.24) is 4.98 Å². The Kier molecular flexibility index (Phi) is 3.95. The summed E-state index contributed by atoms with van der Waals surface area (Å²) in [5, 5.41) is 0. The molecule has 1 aromatic heterocycles. The van der Waals surface area contributed by atoms with Crippen LogP contribution in [0.1, 0.15) is 22.9 Å². The van der Waals surface area contributed by atoms with Gasteiger partial charge in [0.2, 0.25) is 0 Å². The van der Waals surface area contributed by atoms with Crippen LogP contribution >= 0.6 is 0 Å². The van der Waals surface area contributed by atoms with Crippen LogP contribution in [0.5, 0.6) is 5.75 Å². The Morgan fingerprint density at radius 1 is 1.17 bits per heavy atom. The third kappa shape index (κ3) is 2.68. The molecule has 94 valence electrons. The maximum Gasteiger partial charge on any atom is 0.153 e. The summed E-state index contributed by atoms with van der Waals surface area (Å²) in [5.74, 6) is 0.871. The van der Waals surface area contributed by atoms with Gasteiger partial charge in [0.1, 0.15) is 5.75 Å². The second-order valence-electron chi connectivity index (χ2n) is 4.29. The maximum atomic E-state index is 5.97. The van der Waals surface area contributed by atoms with Gasteiger partial charge in [-0.2, -0.15) is 0 Å². The molecule has 1 unspecified atom stereocenters. The SMILES string of the molecule is Cc1cccc(OC(CN)c2ccccn2)c1C. The van der Waals surface area contributed by atoms with Crippen molar-refractivity contribution in [3.05, 3.63) is 59.4 Å². The molecule has 0 saturated carbocycles. The number of rotatable bonds is 4. The largest absolute Gasteiger partial charge is 0.483 e. The zero-order chi connectivity index (χ0) is 13.0. The molecule has 0 spiro atoms. The summed E-state index contributed by atoms with van der Waals surface area (Å²) in [6.07, 6.45) is 1.55. The Hall–Kier alpha value is -1.87. The van der Waals surface area contributed by atoms with Crippen LogP contribution in [-0.2, 0) is 0 Å². The molecule has 0 bridgehead atoms. The third-order valence-corrected chi connectivity index (χ3v) is 3.06. The van der Waals surface area contributed by atoms with E-state index in [-0.39, 0.29) is 6.10 Å². The Morgan fingerprint density at radius 3 is 2.67 bits per heavy atom. The molecule has 0 amide bonds. The van der Waals surface area contributed by atoms with E-state index in [0.717, 1.165) is 17.0 Å². The second-order valence-corrected chi connectivity index (χ2v) is 4.29. The van der Waals surface area contributed by atoms with Crippen LogP contribution in [0.4, 0.5) is 0 Å². The molecule has 0 aliphatic carbocycles. The number of hydrogen-bond donors (Lipinski definition) is 1. The van der Waals surface area contributed by atoms with E-state index < -0.39 is 0 Å². The summed E-state index contributed by atoms with van der Waals surface area (Å²) < 4.78 is 5.97. The van der Waals surface area contributed by atoms with E-state index in [2.05, 4.69) is 24.9 Å². The lowest BCUT2D eigenvalue weighted by Gasteiger charge is -2.19. The molecule has 1 atom stereocenters. The predicted molar refractivity (Wildman–Crippen MR) is 72.6 cm³/mol. The van der Waals surface area contributed by atoms with Crippen LogP contribution in [0.3, 0.4) is 0 Å². The molecule has 18 heavy (non-hydrogen) atoms. The summed E-state index contributed by atoms with van der Waals surface area (Å²) in [4.78, 5) is 4.29. The monoisotopic (exact) mass is 242 g/mol. The van der Waals surface area contributed by atoms with Gasteiger partial charge in [0.05, 0.1) is 5.69 Å². The van der Waals surface area contributed by atoms with E-state index in [1.807, 2.05) is 30.3 Å². The normalized spacial score (nSPS) is 12.2. The third-order valence-electron chi connectivity index (χ3n) is 3.06. The molecule has 3 nitrogen and oxygen atoms in total. The van der Waals surface area contributed by atoms with Crippen LogP contribution in [0.15, 0.2) is 42.6 Å². The van der Waals surface area contributed by atoms with Gasteiger partial charge in [-0.15, -0.1) is 0 Å². The minimum Gasteiger partial charge on any atom is -0.483 e. The highest BCUT2D eigenvalue weighted by molar-refractivity contribution is 5.38. The van der Waals surface area contributed by atoms with Crippen molar-refractivity contribution < 1.29 is 4.74 Å². The van der Waals surface area contributed by atoms with E-state index in [4.69, 9.17) is 10.5 Å². The molecule has 0 aliphatic heterocycles. The molecule has 0 radical (unpaired) electrons. The fourth-order valence-electron chi connectivity index (χ4n) is 1.80. The van der Waals surface area contributed by atoms with Gasteiger partial charge in [-0.1, -0.05) is 18.2 Å². The van der Waals surface area contributed by atoms with Crippen LogP contribution in [0.25, 0.3) is 0 Å². The van der Waals surface area contributed by atoms with E-state index in [9.17, 15) is 0 Å². The number of nitrogens with zero attached hydrogens (tertiary/aromatic N) is 1. The highest BCUT2D eigenvalue weighted by Gasteiger charge is 2.14. The van der Waals surface area contributed by atoms with Gasteiger partial charge >= 0.3 is 0 Å². The summed E-state index contributed by atoms with van der Waals surface area (Å²) in [7, 11) is 0. The van der Waals surface area contributed by atoms with E-state index in [0.29, 0.717) is 6.54 Å². The molecule has 1 heterocycles. The molecule has 1 aromatic carbocycles. The van der Waals surface area contributed by atoms with E-state index >= 15 is 0 Å². The second kappa shape index (κ2) is 5.65. The number of ether oxygens (including phenoxy) is 1. The van der Waals surface area contributed by atoms with E-state index in [1.165, 1.54) is 5.56 Å². The Labute approximate surface area is 108 Å². The van der Waals surface area contributed by atoms with Gasteiger partial charge < -0.3 is 10.5 Å². The highest BCUT2D eigenvalue weighted by atomic mass is 16.5. The lowest BCUT2D eigenvalue weighted by atomic mass is 10.1. The van der Waals surface area contributed by atoms with Crippen molar-refractivity contribution >= 4 is 0 Å². The zero-order valence-electron chi connectivity index (χ0n) is 10.8. The van der Waals surface area contributed by atoms with Crippen molar-refractivity contribution in [2.45, 2.75) is 20.0 Å². The summed E-state index contributed by atoms with van der Waals surface area (Å²) in [6, 6.07) is 11.8. The number of aromatic nitrogens is 1. The molecule has 3 heteroatoms. The zero-order valence-corrected chi connectivity index (χ0v) is 10.8. The van der Waals surface area contributed by atoms with Crippen LogP contribution < -0.4 is 10.5 Å². The summed E-state index contributed by atoms with van der Waals surface area (Å²) >= 11 is 0. The van der Waals surface area contributed by atoms with Crippen molar-refractivity contribution in [3.8, 4) is 5.75 Å². The summed E-state index contributed by atoms with van der Waals surface area (Å²) in [6.45, 7) is 4.53. The van der Waals surface area contributed by atoms with E-state index in [1.54, 1.807) is 6.20 Å². The maximum absolute atomic E-state index is 5.97. The van der Waals surface area contributed by atoms with Gasteiger partial charge in [-0.25, -0.2) is 0 Å². The Morgan fingerprint density at radius 2 is 2.00 bits per heavy atom. The average molecular weight is 242 g/mol. The molecule has 2 aromatic rings. The number of nitrogens with two attached hydrogens (primary N) is 1. The van der Waals surface area contributed by atoms with Crippen molar-refractivity contribution in [3.63, 3.8) is 0 Å². The van der Waals surface area contributed by atoms with Crippen molar-refractivity contribution in [2.75, 3.05) is 6.54 Å². The average Bonchev–Trinajstić information content (AvgIpc) is 2.41. The van der Waals surface area contributed by atoms with Gasteiger partial charge in [0.25, 0.3) is 0 Å². The van der Waals surface area contributed by atoms with Gasteiger partial charge in [0, 0.05) is 12.7 Å². The van der Waals surface area contributed by atoms with Crippen LogP contribution in [0.2, 0.25) is 0 Å². The first-order valence-corrected chi connectivity index (χ1v) is 6.06. The van der Waals surface area contributed by atoms with Crippen LogP contribution in [-0.4, -0.2) is 11.5 Å². The van der Waals surface area contributed by atoms with Gasteiger partial charge in [-0.05, 0) is 43.2 Å². The number of hydrogen-bond acceptors (Lipinski definition) is 3. The minimum atomic E-state index is -0.202. The summed E-state index contributed by atoms with van der Waals surface area (Å²) in [5.41, 5.74) is 9.00. The Bertz CT molecular complexity index is 511. The number of pyridine rings is 1. The quantitative estimate of drug-likeness (QED) is 0.896. The smallest absolute Gasteiger partial charge is 0.153 e. The Balaban J connectivity index is 2.24. The standard InChI is InChI=1S/C15H18N2O/c1-11-6-5-8-14(12(11)2)18-15(10-16)13-7-3-4-9-17-13/h3-9,15H,10,16H2,1-2H3. The molecule has 2 rings (SSSR count). The topological polar surface area (TPSA) is 48.1 Å². The number of aryl methyl sites for hydroxylation is 1. The highest BCUT2D eigenvalue weighted by Crippen LogP contribution is 2.25. The molecule has 0 aliphatic rings. The van der Waals surface area contributed by atoms with Gasteiger partial charge in [0.15, 0.2) is 6.10 Å². The predicted octanol–water partition coefficient (Wildman–Crippen LogP) is 2.78. The first kappa shape index (κ1) is 12.6. The molecule has 0 saturated heterocycles. The van der Waals surface area contributed by atoms with Crippen molar-refractivity contribution in [2.24, 2.45) is 5.73 Å². The fraction of sp³-hybridized carbons (Fsp3) is 0.267. The van der Waals surface area contributed by atoms with Crippen LogP contribution in [0, 0.1) is 13.8 Å². The van der Waals surface area contributed by atoms with Gasteiger partial charge in [-0.3, -0.25) is 4.98 Å². The first-order valence-electron chi connectivity index (χ1n) is 6.06. The molecular formula is C15H18N2O.